The van der Waals surface area contributed by atoms with E-state index in [1.165, 1.54) is 6.07 Å². The molecule has 104 valence electrons. The number of rotatable bonds is 6. The van der Waals surface area contributed by atoms with E-state index in [0.717, 1.165) is 12.0 Å². The molecule has 0 bridgehead atoms. The van der Waals surface area contributed by atoms with Gasteiger partial charge in [0.05, 0.1) is 11.5 Å². The monoisotopic (exact) mass is 300 g/mol. The molecule has 1 rings (SSSR count). The summed E-state index contributed by atoms with van der Waals surface area (Å²) in [7, 11) is 1.64. The van der Waals surface area contributed by atoms with Gasteiger partial charge >= 0.3 is 0 Å². The summed E-state index contributed by atoms with van der Waals surface area (Å²) in [5, 5.41) is 0. The Kier molecular flexibility index (Phi) is 5.71. The number of hydrogen-bond donors (Lipinski definition) is 0. The van der Waals surface area contributed by atoms with E-state index in [4.69, 9.17) is 21.8 Å². The normalized spacial score (nSPS) is 12.7. The third-order valence-electron chi connectivity index (χ3n) is 2.91. The van der Waals surface area contributed by atoms with Gasteiger partial charge in [0.1, 0.15) is 5.75 Å². The molecule has 0 heterocycles. The molecule has 1 aromatic carbocycles. The van der Waals surface area contributed by atoms with Crippen molar-refractivity contribution in [2.45, 2.75) is 37.5 Å². The van der Waals surface area contributed by atoms with Crippen LogP contribution in [-0.4, -0.2) is 15.0 Å². The van der Waals surface area contributed by atoms with Gasteiger partial charge in [-0.15, -0.1) is 12.3 Å². The first-order valence-corrected chi connectivity index (χ1v) is 8.36. The van der Waals surface area contributed by atoms with Gasteiger partial charge in [-0.25, -0.2) is 8.42 Å². The summed E-state index contributed by atoms with van der Waals surface area (Å²) in [6.45, 7) is 4.44. The molecule has 0 spiro atoms. The first kappa shape index (κ1) is 15.9. The zero-order valence-electron chi connectivity index (χ0n) is 11.0. The van der Waals surface area contributed by atoms with Crippen molar-refractivity contribution in [2.75, 3.05) is 6.61 Å². The summed E-state index contributed by atoms with van der Waals surface area (Å²) < 4.78 is 28.3. The van der Waals surface area contributed by atoms with Crippen LogP contribution in [0.4, 0.5) is 0 Å². The number of benzene rings is 1. The van der Waals surface area contributed by atoms with Crippen molar-refractivity contribution < 1.29 is 13.2 Å². The van der Waals surface area contributed by atoms with Gasteiger partial charge in [0.2, 0.25) is 0 Å². The van der Waals surface area contributed by atoms with Gasteiger partial charge < -0.3 is 4.74 Å². The second-order valence-electron chi connectivity index (χ2n) is 4.25. The molecule has 0 fully saturated rings. The molecule has 0 saturated carbocycles. The predicted molar refractivity (Wildman–Crippen MR) is 77.1 cm³/mol. The lowest BCUT2D eigenvalue weighted by Crippen LogP contribution is -2.03. The van der Waals surface area contributed by atoms with Crippen molar-refractivity contribution in [1.82, 2.24) is 0 Å². The van der Waals surface area contributed by atoms with Gasteiger partial charge in [0, 0.05) is 17.1 Å². The van der Waals surface area contributed by atoms with E-state index in [2.05, 4.69) is 5.92 Å². The Morgan fingerprint density at radius 2 is 2.16 bits per heavy atom. The highest BCUT2D eigenvalue weighted by atomic mass is 35.7. The predicted octanol–water partition coefficient (Wildman–Crippen LogP) is 3.53. The zero-order chi connectivity index (χ0) is 14.5. The number of terminal acetylenes is 1. The maximum Gasteiger partial charge on any atom is 0.261 e. The summed E-state index contributed by atoms with van der Waals surface area (Å²) in [5.41, 5.74) is 0.834. The minimum atomic E-state index is -3.72. The van der Waals surface area contributed by atoms with Crippen LogP contribution in [-0.2, 0) is 9.05 Å². The molecule has 0 aliphatic carbocycles. The lowest BCUT2D eigenvalue weighted by molar-refractivity contribution is 0.321. The molecule has 3 nitrogen and oxygen atoms in total. The maximum absolute atomic E-state index is 11.4. The maximum atomic E-state index is 11.4. The number of ether oxygens (including phenoxy) is 1. The average molecular weight is 301 g/mol. The van der Waals surface area contributed by atoms with E-state index in [1.807, 2.05) is 13.8 Å². The molecule has 0 aliphatic heterocycles. The van der Waals surface area contributed by atoms with Gasteiger partial charge in [-0.2, -0.15) is 0 Å². The minimum Gasteiger partial charge on any atom is -0.492 e. The van der Waals surface area contributed by atoms with Gasteiger partial charge in [0.25, 0.3) is 9.05 Å². The van der Waals surface area contributed by atoms with Crippen LogP contribution in [0.5, 0.6) is 5.75 Å². The van der Waals surface area contributed by atoms with Crippen LogP contribution in [0.25, 0.3) is 0 Å². The topological polar surface area (TPSA) is 43.4 Å². The van der Waals surface area contributed by atoms with Gasteiger partial charge in [-0.3, -0.25) is 0 Å². The highest BCUT2D eigenvalue weighted by Crippen LogP contribution is 2.32. The molecule has 1 unspecified atom stereocenters. The van der Waals surface area contributed by atoms with E-state index in [1.54, 1.807) is 12.1 Å². The van der Waals surface area contributed by atoms with Crippen molar-refractivity contribution in [2.24, 2.45) is 0 Å². The van der Waals surface area contributed by atoms with Crippen molar-refractivity contribution in [3.8, 4) is 18.1 Å². The lowest BCUT2D eigenvalue weighted by atomic mass is 9.98. The second kappa shape index (κ2) is 6.83. The molecular formula is C14H17ClO3S. The fraction of sp³-hybridized carbons (Fsp3) is 0.429. The molecule has 5 heteroatoms. The van der Waals surface area contributed by atoms with Crippen LogP contribution < -0.4 is 4.74 Å². The van der Waals surface area contributed by atoms with E-state index < -0.39 is 9.05 Å². The summed E-state index contributed by atoms with van der Waals surface area (Å²) in [6, 6.07) is 4.65. The van der Waals surface area contributed by atoms with Crippen molar-refractivity contribution >= 4 is 19.7 Å². The molecule has 0 N–H and O–H groups in total. The van der Waals surface area contributed by atoms with Crippen molar-refractivity contribution in [3.63, 3.8) is 0 Å². The smallest absolute Gasteiger partial charge is 0.261 e. The average Bonchev–Trinajstić information content (AvgIpc) is 2.37. The Labute approximate surface area is 119 Å². The Morgan fingerprint density at radius 3 is 2.68 bits per heavy atom. The molecule has 1 aromatic rings. The third-order valence-corrected chi connectivity index (χ3v) is 4.26. The number of halogens is 1. The Hall–Kier alpha value is -1.18. The highest BCUT2D eigenvalue weighted by molar-refractivity contribution is 8.13. The van der Waals surface area contributed by atoms with Gasteiger partial charge in [-0.1, -0.05) is 13.8 Å². The largest absolute Gasteiger partial charge is 0.492 e. The Bertz CT molecular complexity index is 573. The Balaban J connectivity index is 3.14. The van der Waals surface area contributed by atoms with E-state index in [0.29, 0.717) is 18.8 Å². The molecule has 0 saturated heterocycles. The van der Waals surface area contributed by atoms with Crippen molar-refractivity contribution in [3.05, 3.63) is 23.8 Å². The van der Waals surface area contributed by atoms with Crippen LogP contribution in [0, 0.1) is 12.3 Å². The fourth-order valence-electron chi connectivity index (χ4n) is 1.63. The molecule has 0 aliphatic rings. The van der Waals surface area contributed by atoms with E-state index >= 15 is 0 Å². The minimum absolute atomic E-state index is 0.0915. The first-order chi connectivity index (χ1) is 8.90. The molecular weight excluding hydrogens is 284 g/mol. The van der Waals surface area contributed by atoms with Crippen LogP contribution in [0.2, 0.25) is 0 Å². The lowest BCUT2D eigenvalue weighted by Gasteiger charge is -2.16. The Morgan fingerprint density at radius 1 is 1.47 bits per heavy atom. The quantitative estimate of drug-likeness (QED) is 0.458. The number of hydrogen-bond acceptors (Lipinski definition) is 3. The molecule has 1 atom stereocenters. The third kappa shape index (κ3) is 4.45. The molecule has 0 radical (unpaired) electrons. The summed E-state index contributed by atoms with van der Waals surface area (Å²) in [6.07, 6.45) is 6.55. The zero-order valence-corrected chi connectivity index (χ0v) is 12.6. The van der Waals surface area contributed by atoms with Crippen LogP contribution in [0.15, 0.2) is 23.1 Å². The van der Waals surface area contributed by atoms with Gasteiger partial charge in [0.15, 0.2) is 0 Å². The van der Waals surface area contributed by atoms with Crippen molar-refractivity contribution in [1.29, 1.82) is 0 Å². The second-order valence-corrected chi connectivity index (χ2v) is 6.82. The molecule has 0 amide bonds. The summed E-state index contributed by atoms with van der Waals surface area (Å²) in [4.78, 5) is 0.0915. The molecule has 0 aromatic heterocycles. The molecule has 19 heavy (non-hydrogen) atoms. The highest BCUT2D eigenvalue weighted by Gasteiger charge is 2.16. The summed E-state index contributed by atoms with van der Waals surface area (Å²) >= 11 is 0. The SMILES string of the molecule is C#CCCOc1ccc(S(=O)(=O)Cl)cc1C(C)CC. The van der Waals surface area contributed by atoms with Crippen LogP contribution in [0.1, 0.15) is 38.2 Å². The van der Waals surface area contributed by atoms with E-state index in [9.17, 15) is 8.42 Å². The van der Waals surface area contributed by atoms with Gasteiger partial charge in [-0.05, 0) is 36.1 Å². The van der Waals surface area contributed by atoms with Crippen LogP contribution >= 0.6 is 10.7 Å². The van der Waals surface area contributed by atoms with Crippen LogP contribution in [0.3, 0.4) is 0 Å². The first-order valence-electron chi connectivity index (χ1n) is 6.05. The fourth-order valence-corrected chi connectivity index (χ4v) is 2.42. The van der Waals surface area contributed by atoms with E-state index in [-0.39, 0.29) is 10.8 Å². The summed E-state index contributed by atoms with van der Waals surface area (Å²) in [5.74, 6) is 3.33. The standard InChI is InChI=1S/C14H17ClO3S/c1-4-6-9-18-14-8-7-12(19(15,16)17)10-13(14)11(3)5-2/h1,7-8,10-11H,5-6,9H2,2-3H3.